The van der Waals surface area contributed by atoms with Crippen molar-refractivity contribution in [3.05, 3.63) is 83.4 Å². The van der Waals surface area contributed by atoms with Crippen LogP contribution in [0.1, 0.15) is 34.8 Å². The number of carbonyl (C=O) groups is 3. The highest BCUT2D eigenvalue weighted by Gasteiger charge is 2.43. The number of amides is 1. The highest BCUT2D eigenvalue weighted by Crippen LogP contribution is 2.40. The summed E-state index contributed by atoms with van der Waals surface area (Å²) in [6.45, 7) is 1.61. The Balaban J connectivity index is 1.22. The molecule has 0 saturated carbocycles. The summed E-state index contributed by atoms with van der Waals surface area (Å²) in [6.07, 6.45) is -6.98. The normalized spacial score (nSPS) is 20.7. The SMILES string of the molecule is C[C@H](CSC(=O)c1ccccc1)C(=O)N1CC(Oc2ccc(CC3Nc4cc(C(F)(F)F)c(S(N)(=O)=O)cc4S(=O)(=O)N3)cc2)C[C@H]1C(=O)O. The summed E-state index contributed by atoms with van der Waals surface area (Å²) in [6, 6.07) is 14.4. The first-order valence-corrected chi connectivity index (χ1v) is 18.9. The van der Waals surface area contributed by atoms with Crippen molar-refractivity contribution >= 4 is 54.5 Å². The Morgan fingerprint density at radius 1 is 1.10 bits per heavy atom. The highest BCUT2D eigenvalue weighted by atomic mass is 32.2. The minimum absolute atomic E-state index is 0.00585. The zero-order valence-electron chi connectivity index (χ0n) is 26.1. The lowest BCUT2D eigenvalue weighted by atomic mass is 10.1. The minimum atomic E-state index is -5.15. The third kappa shape index (κ3) is 8.40. The van der Waals surface area contributed by atoms with E-state index in [4.69, 9.17) is 9.88 Å². The number of primary sulfonamides is 1. The van der Waals surface area contributed by atoms with E-state index < -0.39 is 83.4 Å². The van der Waals surface area contributed by atoms with E-state index in [1.165, 1.54) is 17.0 Å². The number of hydrogen-bond acceptors (Lipinski definition) is 10. The number of aliphatic carboxylic acids is 1. The molecule has 2 unspecified atom stereocenters. The molecule has 2 heterocycles. The number of anilines is 1. The van der Waals surface area contributed by atoms with Crippen LogP contribution in [-0.2, 0) is 42.2 Å². The van der Waals surface area contributed by atoms with Gasteiger partial charge in [0.15, 0.2) is 0 Å². The first-order chi connectivity index (χ1) is 23.3. The molecule has 0 spiro atoms. The molecule has 19 heteroatoms. The van der Waals surface area contributed by atoms with Crippen LogP contribution in [0.5, 0.6) is 5.75 Å². The molecule has 3 aromatic rings. The largest absolute Gasteiger partial charge is 0.488 e. The molecule has 50 heavy (non-hydrogen) atoms. The van der Waals surface area contributed by atoms with Crippen LogP contribution in [0.4, 0.5) is 18.9 Å². The smallest absolute Gasteiger partial charge is 0.417 e. The maximum absolute atomic E-state index is 13.7. The van der Waals surface area contributed by atoms with Gasteiger partial charge in [-0.3, -0.25) is 9.59 Å². The first kappa shape index (κ1) is 37.1. The Kier molecular flexibility index (Phi) is 10.5. The van der Waals surface area contributed by atoms with Gasteiger partial charge < -0.3 is 20.1 Å². The van der Waals surface area contributed by atoms with Gasteiger partial charge >= 0.3 is 12.1 Å². The van der Waals surface area contributed by atoms with Gasteiger partial charge in [0.1, 0.15) is 22.8 Å². The molecule has 1 fully saturated rings. The van der Waals surface area contributed by atoms with Crippen LogP contribution in [0.3, 0.4) is 0 Å². The molecule has 1 saturated heterocycles. The molecular formula is C31H31F3N4O9S3. The molecule has 2 aliphatic rings. The fraction of sp³-hybridized carbons (Fsp3) is 0.323. The lowest BCUT2D eigenvalue weighted by Gasteiger charge is -2.29. The number of likely N-dealkylation sites (tertiary alicyclic amines) is 1. The molecule has 0 aromatic heterocycles. The van der Waals surface area contributed by atoms with Gasteiger partial charge in [-0.05, 0) is 29.8 Å². The number of fused-ring (bicyclic) bond motifs is 1. The molecular weight excluding hydrogens is 726 g/mol. The zero-order chi connectivity index (χ0) is 36.6. The summed E-state index contributed by atoms with van der Waals surface area (Å²) < 4.78 is 98.6. The molecule has 0 aliphatic carbocycles. The monoisotopic (exact) mass is 756 g/mol. The van der Waals surface area contributed by atoms with E-state index in [0.717, 1.165) is 11.8 Å². The third-order valence-electron chi connectivity index (χ3n) is 8.00. The van der Waals surface area contributed by atoms with Gasteiger partial charge in [-0.1, -0.05) is 61.2 Å². The number of alkyl halides is 3. The molecule has 0 radical (unpaired) electrons. The fourth-order valence-corrected chi connectivity index (χ4v) is 8.63. The number of carboxylic acids is 1. The Bertz CT molecular complexity index is 2010. The van der Waals surface area contributed by atoms with E-state index in [1.807, 2.05) is 0 Å². The number of ether oxygens (including phenoxy) is 1. The number of nitrogens with two attached hydrogens (primary N) is 1. The van der Waals surface area contributed by atoms with Crippen molar-refractivity contribution in [3.63, 3.8) is 0 Å². The van der Waals surface area contributed by atoms with Crippen molar-refractivity contribution in [3.8, 4) is 5.75 Å². The number of nitrogens with one attached hydrogen (secondary N) is 2. The number of thioether (sulfide) groups is 1. The molecule has 1 amide bonds. The van der Waals surface area contributed by atoms with Gasteiger partial charge in [0.05, 0.1) is 28.9 Å². The number of carboxylic acid groups (broad SMARTS) is 1. The molecule has 4 atom stereocenters. The van der Waals surface area contributed by atoms with Crippen LogP contribution >= 0.6 is 11.8 Å². The van der Waals surface area contributed by atoms with E-state index in [-0.39, 0.29) is 30.3 Å². The number of sulfonamides is 2. The van der Waals surface area contributed by atoms with Crippen LogP contribution in [0.15, 0.2) is 76.5 Å². The summed E-state index contributed by atoms with van der Waals surface area (Å²) >= 11 is 0.972. The van der Waals surface area contributed by atoms with E-state index in [1.54, 1.807) is 49.4 Å². The second-order valence-electron chi connectivity index (χ2n) is 11.7. The van der Waals surface area contributed by atoms with Crippen molar-refractivity contribution in [1.82, 2.24) is 9.62 Å². The van der Waals surface area contributed by atoms with Crippen molar-refractivity contribution in [2.24, 2.45) is 11.1 Å². The average Bonchev–Trinajstić information content (AvgIpc) is 3.47. The maximum atomic E-state index is 13.7. The van der Waals surface area contributed by atoms with E-state index in [2.05, 4.69) is 10.0 Å². The maximum Gasteiger partial charge on any atom is 0.417 e. The van der Waals surface area contributed by atoms with Gasteiger partial charge in [0.25, 0.3) is 0 Å². The van der Waals surface area contributed by atoms with Crippen molar-refractivity contribution in [2.75, 3.05) is 17.6 Å². The van der Waals surface area contributed by atoms with Crippen LogP contribution < -0.4 is 19.9 Å². The van der Waals surface area contributed by atoms with Crippen molar-refractivity contribution in [1.29, 1.82) is 0 Å². The minimum Gasteiger partial charge on any atom is -0.488 e. The molecule has 5 N–H and O–H groups in total. The number of hydrogen-bond donors (Lipinski definition) is 4. The first-order valence-electron chi connectivity index (χ1n) is 14.9. The standard InChI is InChI=1S/C31H31F3N4O9S3/c1-17(16-48-30(42)19-5-3-2-4-6-19)28(39)38-15-21(12-24(38)29(40)41)47-20-9-7-18(8-10-20)11-27-36-23-13-22(31(32,33)34)25(49(35,43)44)14-26(23)50(45,46)37-27/h2-10,13-14,17,21,24,27,36-37H,11-12,15-16H2,1H3,(H,40,41)(H2,35,43,44)/t17-,21?,24+,27?/m1/s1. The van der Waals surface area contributed by atoms with E-state index in [0.29, 0.717) is 29.0 Å². The molecule has 2 aliphatic heterocycles. The molecule has 3 aromatic carbocycles. The topological polar surface area (TPSA) is 202 Å². The number of halogens is 3. The quantitative estimate of drug-likeness (QED) is 0.237. The predicted octanol–water partition coefficient (Wildman–Crippen LogP) is 3.27. The second kappa shape index (κ2) is 14.2. The fourth-order valence-electron chi connectivity index (χ4n) is 5.62. The van der Waals surface area contributed by atoms with E-state index in [9.17, 15) is 49.5 Å². The lowest BCUT2D eigenvalue weighted by molar-refractivity contribution is -0.149. The Labute approximate surface area is 289 Å². The number of nitrogens with zero attached hydrogens (tertiary/aromatic N) is 1. The Hall–Kier alpha value is -4.17. The third-order valence-corrected chi connectivity index (χ3v) is 11.6. The summed E-state index contributed by atoms with van der Waals surface area (Å²) in [5.74, 6) is -1.81. The molecule has 5 rings (SSSR count). The lowest BCUT2D eigenvalue weighted by Crippen LogP contribution is -2.46. The number of benzene rings is 3. The number of carbonyl (C=O) groups excluding carboxylic acids is 2. The highest BCUT2D eigenvalue weighted by molar-refractivity contribution is 8.14. The average molecular weight is 757 g/mol. The van der Waals surface area contributed by atoms with Gasteiger partial charge in [-0.25, -0.2) is 26.8 Å². The Morgan fingerprint density at radius 3 is 2.36 bits per heavy atom. The van der Waals surface area contributed by atoms with Gasteiger partial charge in [0, 0.05) is 30.1 Å². The summed E-state index contributed by atoms with van der Waals surface area (Å²) in [5, 5.41) is 17.2. The zero-order valence-corrected chi connectivity index (χ0v) is 28.5. The van der Waals surface area contributed by atoms with Gasteiger partial charge in [-0.15, -0.1) is 0 Å². The van der Waals surface area contributed by atoms with Gasteiger partial charge in [0.2, 0.25) is 31.1 Å². The van der Waals surface area contributed by atoms with E-state index >= 15 is 0 Å². The molecule has 13 nitrogen and oxygen atoms in total. The van der Waals surface area contributed by atoms with Crippen LogP contribution in [-0.4, -0.2) is 74.4 Å². The second-order valence-corrected chi connectivity index (χ2v) is 15.9. The van der Waals surface area contributed by atoms with Crippen LogP contribution in [0.25, 0.3) is 0 Å². The van der Waals surface area contributed by atoms with Crippen molar-refractivity contribution in [2.45, 2.75) is 54.0 Å². The Morgan fingerprint density at radius 2 is 1.76 bits per heavy atom. The molecule has 0 bridgehead atoms. The number of rotatable bonds is 10. The van der Waals surface area contributed by atoms with Crippen LogP contribution in [0.2, 0.25) is 0 Å². The van der Waals surface area contributed by atoms with Crippen LogP contribution in [0, 0.1) is 5.92 Å². The summed E-state index contributed by atoms with van der Waals surface area (Å²) in [4.78, 5) is 36.8. The van der Waals surface area contributed by atoms with Crippen molar-refractivity contribution < 1.29 is 54.2 Å². The predicted molar refractivity (Wildman–Crippen MR) is 175 cm³/mol. The van der Waals surface area contributed by atoms with Gasteiger partial charge in [-0.2, -0.15) is 17.9 Å². The summed E-state index contributed by atoms with van der Waals surface area (Å²) in [7, 11) is -9.38. The molecule has 268 valence electrons. The summed E-state index contributed by atoms with van der Waals surface area (Å²) in [5.41, 5.74) is -1.06.